The number of aliphatic imine (C=N–C) groups is 1. The summed E-state index contributed by atoms with van der Waals surface area (Å²) < 4.78 is 0. The van der Waals surface area contributed by atoms with Gasteiger partial charge in [0.05, 0.1) is 6.54 Å². The molecule has 1 saturated heterocycles. The van der Waals surface area contributed by atoms with Crippen LogP contribution >= 0.6 is 0 Å². The minimum Gasteiger partial charge on any atom is -0.363 e. The lowest BCUT2D eigenvalue weighted by atomic mass is 10.0. The lowest BCUT2D eigenvalue weighted by molar-refractivity contribution is 0.247. The summed E-state index contributed by atoms with van der Waals surface area (Å²) in [6, 6.07) is 9.25. The molecule has 0 aromatic carbocycles. The lowest BCUT2D eigenvalue weighted by Gasteiger charge is -2.26. The van der Waals surface area contributed by atoms with Gasteiger partial charge in [-0.1, -0.05) is 32.0 Å². The molecule has 0 saturated carbocycles. The van der Waals surface area contributed by atoms with E-state index in [1.807, 2.05) is 0 Å². The summed E-state index contributed by atoms with van der Waals surface area (Å²) in [6.45, 7) is 15.3. The third-order valence-electron chi connectivity index (χ3n) is 5.77. The molecule has 28 heavy (non-hydrogen) atoms. The fourth-order valence-corrected chi connectivity index (χ4v) is 4.07. The van der Waals surface area contributed by atoms with E-state index in [1.54, 1.807) is 0 Å². The van der Waals surface area contributed by atoms with Gasteiger partial charge >= 0.3 is 0 Å². The first-order valence-corrected chi connectivity index (χ1v) is 10.6. The summed E-state index contributed by atoms with van der Waals surface area (Å²) in [4.78, 5) is 9.72. The molecule has 0 atom stereocenters. The average Bonchev–Trinajstić information content (AvgIpc) is 2.86. The Morgan fingerprint density at radius 2 is 1.82 bits per heavy atom. The van der Waals surface area contributed by atoms with E-state index in [0.29, 0.717) is 5.92 Å². The number of fused-ring (bicyclic) bond motifs is 1. The molecule has 152 valence electrons. The highest BCUT2D eigenvalue weighted by molar-refractivity contribution is 6.07. The average molecular weight is 381 g/mol. The normalized spacial score (nSPS) is 16.2. The highest BCUT2D eigenvalue weighted by atomic mass is 15.2. The van der Waals surface area contributed by atoms with Crippen LogP contribution in [0.5, 0.6) is 0 Å². The van der Waals surface area contributed by atoms with Gasteiger partial charge in [0, 0.05) is 52.4 Å². The van der Waals surface area contributed by atoms with Gasteiger partial charge in [-0.05, 0) is 53.6 Å². The number of rotatable bonds is 5. The molecule has 0 unspecified atom stereocenters. The molecule has 0 amide bonds. The maximum Gasteiger partial charge on any atom is 0.131 e. The zero-order valence-electron chi connectivity index (χ0n) is 18.5. The van der Waals surface area contributed by atoms with Crippen molar-refractivity contribution in [3.63, 3.8) is 0 Å². The molecule has 3 aliphatic rings. The van der Waals surface area contributed by atoms with Gasteiger partial charge in [-0.25, -0.2) is 0 Å². The Kier molecular flexibility index (Phi) is 6.73. The van der Waals surface area contributed by atoms with Crippen molar-refractivity contribution >= 4 is 5.84 Å². The summed E-state index contributed by atoms with van der Waals surface area (Å²) >= 11 is 0. The SMILES string of the molecule is Cc1cc(C(=NCCN2CCNCC2)N(C)C)c2c(C)ccc(C(C)C)cc1-2. The quantitative estimate of drug-likeness (QED) is 0.633. The van der Waals surface area contributed by atoms with Crippen LogP contribution in [0.4, 0.5) is 0 Å². The number of amidine groups is 1. The number of nitrogens with zero attached hydrogens (tertiary/aromatic N) is 3. The topological polar surface area (TPSA) is 30.9 Å². The van der Waals surface area contributed by atoms with Gasteiger partial charge in [0.15, 0.2) is 0 Å². The van der Waals surface area contributed by atoms with Crippen LogP contribution in [0.2, 0.25) is 0 Å². The monoisotopic (exact) mass is 380 g/mol. The molecule has 1 fully saturated rings. The highest BCUT2D eigenvalue weighted by Crippen LogP contribution is 2.36. The van der Waals surface area contributed by atoms with Crippen molar-refractivity contribution in [2.45, 2.75) is 33.6 Å². The second kappa shape index (κ2) is 9.06. The van der Waals surface area contributed by atoms with E-state index < -0.39 is 0 Å². The Morgan fingerprint density at radius 1 is 1.11 bits per heavy atom. The Morgan fingerprint density at radius 3 is 2.46 bits per heavy atom. The Labute approximate surface area is 171 Å². The van der Waals surface area contributed by atoms with Crippen LogP contribution < -0.4 is 5.32 Å². The van der Waals surface area contributed by atoms with Gasteiger partial charge in [0.25, 0.3) is 0 Å². The number of piperazine rings is 1. The summed E-state index contributed by atoms with van der Waals surface area (Å²) in [5, 5.41) is 3.42. The van der Waals surface area contributed by atoms with Crippen molar-refractivity contribution in [3.05, 3.63) is 46.5 Å². The number of nitrogens with one attached hydrogen (secondary N) is 1. The fraction of sp³-hybridized carbons (Fsp3) is 0.542. The first-order valence-electron chi connectivity index (χ1n) is 10.6. The molecule has 0 aromatic heterocycles. The molecule has 0 aromatic rings. The van der Waals surface area contributed by atoms with E-state index in [2.05, 4.69) is 81.2 Å². The summed E-state index contributed by atoms with van der Waals surface area (Å²) in [5.74, 6) is 1.61. The van der Waals surface area contributed by atoms with Crippen molar-refractivity contribution in [2.75, 3.05) is 53.4 Å². The van der Waals surface area contributed by atoms with Gasteiger partial charge in [0.2, 0.25) is 0 Å². The second-order valence-electron chi connectivity index (χ2n) is 8.54. The van der Waals surface area contributed by atoms with Gasteiger partial charge in [-0.3, -0.25) is 9.89 Å². The van der Waals surface area contributed by atoms with Crippen molar-refractivity contribution in [3.8, 4) is 11.1 Å². The smallest absolute Gasteiger partial charge is 0.131 e. The van der Waals surface area contributed by atoms with Crippen molar-refractivity contribution in [1.82, 2.24) is 15.1 Å². The van der Waals surface area contributed by atoms with Crippen LogP contribution in [0.25, 0.3) is 11.1 Å². The standard InChI is InChI=1S/C24H36N4/c1-17(2)20-8-7-18(3)23-21(16-20)19(4)15-22(23)24(27(5)6)26-11-14-28-12-9-25-10-13-28/h7-8,15-17,25H,9-14H2,1-6H3. The third-order valence-corrected chi connectivity index (χ3v) is 5.77. The zero-order valence-corrected chi connectivity index (χ0v) is 18.5. The van der Waals surface area contributed by atoms with Crippen LogP contribution in [-0.4, -0.2) is 69.0 Å². The molecule has 0 bridgehead atoms. The molecule has 0 radical (unpaired) electrons. The van der Waals surface area contributed by atoms with Crippen LogP contribution in [-0.2, 0) is 0 Å². The van der Waals surface area contributed by atoms with E-state index in [9.17, 15) is 0 Å². The van der Waals surface area contributed by atoms with Gasteiger partial charge in [-0.2, -0.15) is 0 Å². The lowest BCUT2D eigenvalue weighted by Crippen LogP contribution is -2.44. The predicted octanol–water partition coefficient (Wildman–Crippen LogP) is 3.75. The van der Waals surface area contributed by atoms with E-state index in [0.717, 1.165) is 45.1 Å². The number of hydrogen-bond donors (Lipinski definition) is 1. The maximum absolute atomic E-state index is 5.05. The van der Waals surface area contributed by atoms with E-state index in [1.165, 1.54) is 33.4 Å². The van der Waals surface area contributed by atoms with E-state index >= 15 is 0 Å². The third kappa shape index (κ3) is 4.56. The zero-order chi connectivity index (χ0) is 20.3. The Hall–Kier alpha value is -1.91. The molecular formula is C24H36N4. The minimum atomic E-state index is 0.522. The van der Waals surface area contributed by atoms with E-state index in [4.69, 9.17) is 4.99 Å². The molecule has 1 N–H and O–H groups in total. The number of aryl methyl sites for hydroxylation is 2. The van der Waals surface area contributed by atoms with Crippen LogP contribution in [0.3, 0.4) is 0 Å². The summed E-state index contributed by atoms with van der Waals surface area (Å²) in [7, 11) is 4.21. The maximum atomic E-state index is 5.05. The van der Waals surface area contributed by atoms with Gasteiger partial charge < -0.3 is 10.2 Å². The molecule has 4 nitrogen and oxygen atoms in total. The molecule has 2 aliphatic carbocycles. The Bertz CT molecular complexity index is 801. The predicted molar refractivity (Wildman–Crippen MR) is 121 cm³/mol. The first-order chi connectivity index (χ1) is 13.4. The molecular weight excluding hydrogens is 344 g/mol. The molecule has 0 spiro atoms. The van der Waals surface area contributed by atoms with Crippen LogP contribution in [0.1, 0.15) is 42.0 Å². The van der Waals surface area contributed by atoms with Crippen LogP contribution in [0, 0.1) is 13.8 Å². The van der Waals surface area contributed by atoms with Gasteiger partial charge in [0.1, 0.15) is 5.84 Å². The Balaban J connectivity index is 1.94. The summed E-state index contributed by atoms with van der Waals surface area (Å²) in [5.41, 5.74) is 8.02. The highest BCUT2D eigenvalue weighted by Gasteiger charge is 2.21. The number of hydrogen-bond acceptors (Lipinski definition) is 3. The van der Waals surface area contributed by atoms with Gasteiger partial charge in [-0.15, -0.1) is 0 Å². The second-order valence-corrected chi connectivity index (χ2v) is 8.54. The fourth-order valence-electron chi connectivity index (χ4n) is 4.07. The summed E-state index contributed by atoms with van der Waals surface area (Å²) in [6.07, 6.45) is 0. The van der Waals surface area contributed by atoms with Crippen molar-refractivity contribution in [2.24, 2.45) is 4.99 Å². The van der Waals surface area contributed by atoms with Crippen molar-refractivity contribution < 1.29 is 0 Å². The molecule has 4 heteroatoms. The first kappa shape index (κ1) is 20.8. The van der Waals surface area contributed by atoms with E-state index in [-0.39, 0.29) is 0 Å². The molecule has 1 aliphatic heterocycles. The molecule has 3 rings (SSSR count). The van der Waals surface area contributed by atoms with Crippen molar-refractivity contribution in [1.29, 1.82) is 0 Å². The minimum absolute atomic E-state index is 0.522. The molecule has 1 heterocycles. The largest absolute Gasteiger partial charge is 0.363 e. The van der Waals surface area contributed by atoms with Crippen LogP contribution in [0.15, 0.2) is 29.3 Å².